The highest BCUT2D eigenvalue weighted by Gasteiger charge is 2.34. The summed E-state index contributed by atoms with van der Waals surface area (Å²) in [6, 6.07) is -0.209. The minimum absolute atomic E-state index is 0.0810. The van der Waals surface area contributed by atoms with Crippen LogP contribution in [0.5, 0.6) is 0 Å². The lowest BCUT2D eigenvalue weighted by molar-refractivity contribution is -0.142. The Kier molecular flexibility index (Phi) is 3.78. The van der Waals surface area contributed by atoms with Crippen molar-refractivity contribution < 1.29 is 14.7 Å². The zero-order valence-corrected chi connectivity index (χ0v) is 12.2. The molecule has 1 aromatic heterocycles. The van der Waals surface area contributed by atoms with E-state index in [1.807, 2.05) is 5.38 Å². The van der Waals surface area contributed by atoms with Crippen LogP contribution in [0.15, 0.2) is 5.38 Å². The fourth-order valence-electron chi connectivity index (χ4n) is 3.36. The van der Waals surface area contributed by atoms with Crippen LogP contribution in [-0.4, -0.2) is 23.0 Å². The Bertz CT molecular complexity index is 537. The number of aliphatic carboxylic acids is 1. The predicted molar refractivity (Wildman–Crippen MR) is 77.2 cm³/mol. The summed E-state index contributed by atoms with van der Waals surface area (Å²) in [4.78, 5) is 24.9. The summed E-state index contributed by atoms with van der Waals surface area (Å²) in [5.74, 6) is -1.30. The molecule has 0 aliphatic heterocycles. The number of carboxylic acid groups (broad SMARTS) is 1. The molecular weight excluding hydrogens is 274 g/mol. The van der Waals surface area contributed by atoms with Gasteiger partial charge >= 0.3 is 5.97 Å². The first-order chi connectivity index (χ1) is 9.66. The first-order valence-corrected chi connectivity index (χ1v) is 8.17. The van der Waals surface area contributed by atoms with Gasteiger partial charge in [0.15, 0.2) is 0 Å². The third-order valence-electron chi connectivity index (χ3n) is 4.46. The van der Waals surface area contributed by atoms with Crippen LogP contribution in [0.25, 0.3) is 0 Å². The van der Waals surface area contributed by atoms with Gasteiger partial charge in [-0.2, -0.15) is 0 Å². The number of aryl methyl sites for hydroxylation is 1. The fourth-order valence-corrected chi connectivity index (χ4v) is 4.48. The van der Waals surface area contributed by atoms with Crippen molar-refractivity contribution in [3.8, 4) is 0 Å². The smallest absolute Gasteiger partial charge is 0.308 e. The van der Waals surface area contributed by atoms with Crippen LogP contribution >= 0.6 is 11.3 Å². The molecule has 20 heavy (non-hydrogen) atoms. The van der Waals surface area contributed by atoms with Crippen LogP contribution in [0.4, 0.5) is 0 Å². The van der Waals surface area contributed by atoms with Gasteiger partial charge in [0.25, 0.3) is 5.91 Å². The molecule has 2 atom stereocenters. The number of fused-ring (bicyclic) bond motifs is 1. The number of thiophene rings is 1. The quantitative estimate of drug-likeness (QED) is 0.900. The highest BCUT2D eigenvalue weighted by Crippen LogP contribution is 2.31. The largest absolute Gasteiger partial charge is 0.481 e. The number of carbonyl (C=O) groups excluding carboxylic acids is 1. The number of amides is 1. The number of hydrogen-bond acceptors (Lipinski definition) is 3. The predicted octanol–water partition coefficient (Wildman–Crippen LogP) is 2.61. The average Bonchev–Trinajstić information content (AvgIpc) is 3.04. The number of hydrogen-bond donors (Lipinski definition) is 2. The van der Waals surface area contributed by atoms with Crippen molar-refractivity contribution in [1.29, 1.82) is 0 Å². The summed E-state index contributed by atoms with van der Waals surface area (Å²) in [6.45, 7) is 0. The number of rotatable bonds is 3. The molecule has 1 amide bonds. The molecule has 0 saturated heterocycles. The second-order valence-electron chi connectivity index (χ2n) is 5.71. The third kappa shape index (κ3) is 2.46. The van der Waals surface area contributed by atoms with Gasteiger partial charge < -0.3 is 10.4 Å². The van der Waals surface area contributed by atoms with E-state index in [0.717, 1.165) is 37.7 Å². The lowest BCUT2D eigenvalue weighted by Gasteiger charge is -2.18. The monoisotopic (exact) mass is 293 g/mol. The van der Waals surface area contributed by atoms with Gasteiger partial charge in [-0.05, 0) is 44.1 Å². The number of carbonyl (C=O) groups is 2. The molecule has 0 bridgehead atoms. The van der Waals surface area contributed by atoms with E-state index < -0.39 is 11.9 Å². The van der Waals surface area contributed by atoms with E-state index in [2.05, 4.69) is 5.32 Å². The van der Waals surface area contributed by atoms with Crippen molar-refractivity contribution in [2.75, 3.05) is 0 Å². The topological polar surface area (TPSA) is 66.4 Å². The molecule has 0 aromatic carbocycles. The van der Waals surface area contributed by atoms with E-state index in [1.54, 1.807) is 11.3 Å². The summed E-state index contributed by atoms with van der Waals surface area (Å²) in [7, 11) is 0. The first-order valence-electron chi connectivity index (χ1n) is 7.29. The van der Waals surface area contributed by atoms with Crippen molar-refractivity contribution in [2.24, 2.45) is 5.92 Å². The molecular formula is C15H19NO3S. The minimum Gasteiger partial charge on any atom is -0.481 e. The van der Waals surface area contributed by atoms with Crippen LogP contribution in [0.3, 0.4) is 0 Å². The molecule has 1 saturated carbocycles. The summed E-state index contributed by atoms with van der Waals surface area (Å²) in [6.07, 6.45) is 6.73. The molecule has 108 valence electrons. The van der Waals surface area contributed by atoms with Crippen molar-refractivity contribution in [3.05, 3.63) is 21.4 Å². The van der Waals surface area contributed by atoms with Gasteiger partial charge in [0.1, 0.15) is 0 Å². The normalized spacial score (nSPS) is 25.2. The SMILES string of the molecule is O=C(N[C@H]1CCC[C@H]1C(=O)O)c1csc2c1CCCC2. The molecule has 3 rings (SSSR count). The third-order valence-corrected chi connectivity index (χ3v) is 5.54. The van der Waals surface area contributed by atoms with Crippen LogP contribution in [0, 0.1) is 5.92 Å². The van der Waals surface area contributed by atoms with Gasteiger partial charge in [0, 0.05) is 16.3 Å². The van der Waals surface area contributed by atoms with E-state index >= 15 is 0 Å². The van der Waals surface area contributed by atoms with Crippen molar-refractivity contribution >= 4 is 23.2 Å². The molecule has 4 nitrogen and oxygen atoms in total. The number of carboxylic acids is 1. The van der Waals surface area contributed by atoms with Gasteiger partial charge in [-0.15, -0.1) is 11.3 Å². The van der Waals surface area contributed by atoms with Crippen molar-refractivity contribution in [2.45, 2.75) is 51.0 Å². The van der Waals surface area contributed by atoms with Crippen LogP contribution in [0.2, 0.25) is 0 Å². The Morgan fingerprint density at radius 2 is 2.00 bits per heavy atom. The number of nitrogens with one attached hydrogen (secondary N) is 1. The minimum atomic E-state index is -0.792. The first kappa shape index (κ1) is 13.6. The van der Waals surface area contributed by atoms with Crippen molar-refractivity contribution in [3.63, 3.8) is 0 Å². The maximum absolute atomic E-state index is 12.4. The lowest BCUT2D eigenvalue weighted by atomic mass is 9.95. The van der Waals surface area contributed by atoms with Gasteiger partial charge in [0.05, 0.1) is 11.5 Å². The molecule has 0 unspecified atom stereocenters. The molecule has 0 radical (unpaired) electrons. The molecule has 2 aliphatic carbocycles. The van der Waals surface area contributed by atoms with Gasteiger partial charge in [-0.1, -0.05) is 6.42 Å². The molecule has 5 heteroatoms. The highest BCUT2D eigenvalue weighted by molar-refractivity contribution is 7.10. The van der Waals surface area contributed by atoms with Crippen LogP contribution in [0.1, 0.15) is 52.9 Å². The van der Waals surface area contributed by atoms with Crippen LogP contribution in [-0.2, 0) is 17.6 Å². The summed E-state index contributed by atoms with van der Waals surface area (Å²) in [5.41, 5.74) is 1.98. The molecule has 1 heterocycles. The fraction of sp³-hybridized carbons (Fsp3) is 0.600. The highest BCUT2D eigenvalue weighted by atomic mass is 32.1. The second-order valence-corrected chi connectivity index (χ2v) is 6.68. The van der Waals surface area contributed by atoms with Gasteiger partial charge in [-0.25, -0.2) is 0 Å². The lowest BCUT2D eigenvalue weighted by Crippen LogP contribution is -2.40. The van der Waals surface area contributed by atoms with E-state index in [9.17, 15) is 9.59 Å². The van der Waals surface area contributed by atoms with Gasteiger partial charge in [0.2, 0.25) is 0 Å². The Morgan fingerprint density at radius 1 is 1.20 bits per heavy atom. The molecule has 2 aliphatic rings. The Labute approximate surface area is 122 Å². The van der Waals surface area contributed by atoms with E-state index in [0.29, 0.717) is 6.42 Å². The average molecular weight is 293 g/mol. The molecule has 1 fully saturated rings. The summed E-state index contributed by atoms with van der Waals surface area (Å²) in [5, 5.41) is 14.1. The van der Waals surface area contributed by atoms with Gasteiger partial charge in [-0.3, -0.25) is 9.59 Å². The molecule has 0 spiro atoms. The van der Waals surface area contributed by atoms with Crippen molar-refractivity contribution in [1.82, 2.24) is 5.32 Å². The van der Waals surface area contributed by atoms with E-state index in [4.69, 9.17) is 5.11 Å². The van der Waals surface area contributed by atoms with Crippen LogP contribution < -0.4 is 5.32 Å². The maximum Gasteiger partial charge on any atom is 0.308 e. The van der Waals surface area contributed by atoms with E-state index in [1.165, 1.54) is 16.9 Å². The summed E-state index contributed by atoms with van der Waals surface area (Å²) >= 11 is 1.67. The summed E-state index contributed by atoms with van der Waals surface area (Å²) < 4.78 is 0. The Hall–Kier alpha value is -1.36. The maximum atomic E-state index is 12.4. The zero-order valence-electron chi connectivity index (χ0n) is 11.4. The molecule has 1 aromatic rings. The Balaban J connectivity index is 1.73. The Morgan fingerprint density at radius 3 is 2.80 bits per heavy atom. The molecule has 2 N–H and O–H groups in total. The second kappa shape index (κ2) is 5.56. The standard InChI is InChI=1S/C15H19NO3S/c17-14(16-12-6-3-5-10(12)15(18)19)11-8-20-13-7-2-1-4-9(11)13/h8,10,12H,1-7H2,(H,16,17)(H,18,19)/t10-,12+/m1/s1. The zero-order chi connectivity index (χ0) is 14.1. The van der Waals surface area contributed by atoms with E-state index in [-0.39, 0.29) is 11.9 Å².